The molecule has 2 N–H and O–H groups in total. The van der Waals surface area contributed by atoms with Crippen LogP contribution in [0.2, 0.25) is 0 Å². The van der Waals surface area contributed by atoms with E-state index < -0.39 is 0 Å². The molecule has 19 heavy (non-hydrogen) atoms. The lowest BCUT2D eigenvalue weighted by molar-refractivity contribution is 0.584. The van der Waals surface area contributed by atoms with E-state index in [0.717, 1.165) is 36.5 Å². The molecule has 1 saturated heterocycles. The Morgan fingerprint density at radius 1 is 1.21 bits per heavy atom. The average molecular weight is 325 g/mol. The topological polar surface area (TPSA) is 44.0 Å². The van der Waals surface area contributed by atoms with E-state index in [4.69, 9.17) is 0 Å². The Labute approximate surface area is 119 Å². The highest BCUT2D eigenvalue weighted by Crippen LogP contribution is 2.26. The van der Waals surface area contributed by atoms with Crippen molar-refractivity contribution in [3.8, 4) is 11.3 Å². The van der Waals surface area contributed by atoms with Crippen LogP contribution >= 0.6 is 15.9 Å². The molecule has 1 aliphatic heterocycles. The maximum absolute atomic E-state index is 13.9. The molecule has 0 spiro atoms. The first-order chi connectivity index (χ1) is 9.24. The van der Waals surface area contributed by atoms with E-state index >= 15 is 0 Å². The summed E-state index contributed by atoms with van der Waals surface area (Å²) in [7, 11) is 0. The number of hydrogen-bond donors (Lipinski definition) is 2. The van der Waals surface area contributed by atoms with E-state index in [1.54, 1.807) is 6.07 Å². The van der Waals surface area contributed by atoms with Crippen molar-refractivity contribution in [1.82, 2.24) is 15.5 Å². The second kappa shape index (κ2) is 5.30. The third-order valence-corrected chi connectivity index (χ3v) is 3.72. The number of hydrogen-bond acceptors (Lipinski definition) is 3. The zero-order valence-corrected chi connectivity index (χ0v) is 11.9. The molecule has 6 heteroatoms. The van der Waals surface area contributed by atoms with E-state index in [0.29, 0.717) is 11.3 Å². The second-order valence-electron chi connectivity index (χ2n) is 4.50. The SMILES string of the molecule is Fc1cc(Br)ccc1-c1cc(N2CCNCC2)n[nH]1. The summed E-state index contributed by atoms with van der Waals surface area (Å²) in [5.41, 5.74) is 1.25. The van der Waals surface area contributed by atoms with Gasteiger partial charge in [0, 0.05) is 42.3 Å². The third-order valence-electron chi connectivity index (χ3n) is 3.23. The number of benzene rings is 1. The number of aromatic amines is 1. The minimum atomic E-state index is -0.259. The molecule has 4 nitrogen and oxygen atoms in total. The monoisotopic (exact) mass is 324 g/mol. The Bertz CT molecular complexity index is 578. The molecule has 2 heterocycles. The maximum atomic E-state index is 13.9. The van der Waals surface area contributed by atoms with Crippen molar-refractivity contribution in [2.45, 2.75) is 0 Å². The molecular formula is C13H14BrFN4. The Morgan fingerprint density at radius 3 is 2.74 bits per heavy atom. The van der Waals surface area contributed by atoms with Gasteiger partial charge in [-0.3, -0.25) is 5.10 Å². The van der Waals surface area contributed by atoms with Crippen molar-refractivity contribution < 1.29 is 4.39 Å². The van der Waals surface area contributed by atoms with Gasteiger partial charge in [0.25, 0.3) is 0 Å². The number of halogens is 2. The fourth-order valence-electron chi connectivity index (χ4n) is 2.21. The minimum Gasteiger partial charge on any atom is -0.353 e. The van der Waals surface area contributed by atoms with Gasteiger partial charge >= 0.3 is 0 Å². The molecule has 0 atom stereocenters. The van der Waals surface area contributed by atoms with E-state index in [-0.39, 0.29) is 5.82 Å². The first kappa shape index (κ1) is 12.6. The van der Waals surface area contributed by atoms with Crippen LogP contribution in [0, 0.1) is 5.82 Å². The van der Waals surface area contributed by atoms with E-state index in [9.17, 15) is 4.39 Å². The van der Waals surface area contributed by atoms with Crippen molar-refractivity contribution in [3.63, 3.8) is 0 Å². The molecule has 0 aliphatic carbocycles. The van der Waals surface area contributed by atoms with E-state index in [1.165, 1.54) is 6.07 Å². The molecule has 0 saturated carbocycles. The van der Waals surface area contributed by atoms with Gasteiger partial charge in [0.1, 0.15) is 5.82 Å². The summed E-state index contributed by atoms with van der Waals surface area (Å²) >= 11 is 3.26. The van der Waals surface area contributed by atoms with Crippen LogP contribution in [0.5, 0.6) is 0 Å². The van der Waals surface area contributed by atoms with Crippen LogP contribution in [0.1, 0.15) is 0 Å². The minimum absolute atomic E-state index is 0.259. The highest BCUT2D eigenvalue weighted by atomic mass is 79.9. The Kier molecular flexibility index (Phi) is 3.52. The van der Waals surface area contributed by atoms with Gasteiger partial charge in [-0.05, 0) is 18.2 Å². The Balaban J connectivity index is 1.87. The predicted molar refractivity (Wildman–Crippen MR) is 76.8 cm³/mol. The lowest BCUT2D eigenvalue weighted by Gasteiger charge is -2.26. The second-order valence-corrected chi connectivity index (χ2v) is 5.42. The first-order valence-electron chi connectivity index (χ1n) is 6.20. The van der Waals surface area contributed by atoms with Gasteiger partial charge in [0.15, 0.2) is 5.82 Å². The van der Waals surface area contributed by atoms with Crippen LogP contribution in [-0.2, 0) is 0 Å². The summed E-state index contributed by atoms with van der Waals surface area (Å²) in [6.07, 6.45) is 0. The first-order valence-corrected chi connectivity index (χ1v) is 7.00. The van der Waals surface area contributed by atoms with Crippen LogP contribution in [0.15, 0.2) is 28.7 Å². The van der Waals surface area contributed by atoms with E-state index in [2.05, 4.69) is 36.3 Å². The smallest absolute Gasteiger partial charge is 0.151 e. The number of nitrogens with one attached hydrogen (secondary N) is 2. The molecule has 0 amide bonds. The molecule has 0 unspecified atom stereocenters. The van der Waals surface area contributed by atoms with Gasteiger partial charge < -0.3 is 10.2 Å². The summed E-state index contributed by atoms with van der Waals surface area (Å²) in [6.45, 7) is 3.75. The fraction of sp³-hybridized carbons (Fsp3) is 0.308. The molecule has 3 rings (SSSR count). The number of aromatic nitrogens is 2. The quantitative estimate of drug-likeness (QED) is 0.891. The van der Waals surface area contributed by atoms with Gasteiger partial charge in [-0.2, -0.15) is 5.10 Å². The zero-order chi connectivity index (χ0) is 13.2. The number of piperazine rings is 1. The fourth-order valence-corrected chi connectivity index (χ4v) is 2.55. The summed E-state index contributed by atoms with van der Waals surface area (Å²) in [5.74, 6) is 0.615. The molecule has 1 fully saturated rings. The summed E-state index contributed by atoms with van der Waals surface area (Å²) in [5, 5.41) is 10.5. The van der Waals surface area contributed by atoms with Crippen LogP contribution in [0.25, 0.3) is 11.3 Å². The highest BCUT2D eigenvalue weighted by Gasteiger charge is 2.15. The van der Waals surface area contributed by atoms with Crippen LogP contribution in [0.3, 0.4) is 0 Å². The van der Waals surface area contributed by atoms with Crippen molar-refractivity contribution in [3.05, 3.63) is 34.6 Å². The molecule has 0 bridgehead atoms. The third kappa shape index (κ3) is 2.64. The van der Waals surface area contributed by atoms with Crippen LogP contribution < -0.4 is 10.2 Å². The van der Waals surface area contributed by atoms with Crippen LogP contribution in [0.4, 0.5) is 10.2 Å². The molecule has 1 aromatic heterocycles. The largest absolute Gasteiger partial charge is 0.353 e. The summed E-state index contributed by atoms with van der Waals surface area (Å²) < 4.78 is 14.6. The van der Waals surface area contributed by atoms with Crippen molar-refractivity contribution in [2.75, 3.05) is 31.1 Å². The normalized spacial score (nSPS) is 15.8. The van der Waals surface area contributed by atoms with Crippen LogP contribution in [-0.4, -0.2) is 36.4 Å². The number of nitrogens with zero attached hydrogens (tertiary/aromatic N) is 2. The zero-order valence-electron chi connectivity index (χ0n) is 10.3. The van der Waals surface area contributed by atoms with Crippen molar-refractivity contribution in [1.29, 1.82) is 0 Å². The average Bonchev–Trinajstić information content (AvgIpc) is 2.89. The van der Waals surface area contributed by atoms with Gasteiger partial charge in [-0.1, -0.05) is 15.9 Å². The summed E-state index contributed by atoms with van der Waals surface area (Å²) in [4.78, 5) is 2.19. The van der Waals surface area contributed by atoms with Gasteiger partial charge in [-0.25, -0.2) is 4.39 Å². The molecule has 1 aliphatic rings. The lowest BCUT2D eigenvalue weighted by atomic mass is 10.1. The number of rotatable bonds is 2. The van der Waals surface area contributed by atoms with Gasteiger partial charge in [-0.15, -0.1) is 0 Å². The molecule has 100 valence electrons. The number of H-pyrrole nitrogens is 1. The molecule has 0 radical (unpaired) electrons. The highest BCUT2D eigenvalue weighted by molar-refractivity contribution is 9.10. The summed E-state index contributed by atoms with van der Waals surface area (Å²) in [6, 6.07) is 6.93. The Hall–Kier alpha value is -1.40. The Morgan fingerprint density at radius 2 is 2.00 bits per heavy atom. The van der Waals surface area contributed by atoms with Crippen molar-refractivity contribution in [2.24, 2.45) is 0 Å². The van der Waals surface area contributed by atoms with Gasteiger partial charge in [0.05, 0.1) is 5.69 Å². The van der Waals surface area contributed by atoms with E-state index in [1.807, 2.05) is 12.1 Å². The number of anilines is 1. The molecule has 1 aromatic carbocycles. The standard InChI is InChI=1S/C13H14BrFN4/c14-9-1-2-10(11(15)7-9)12-8-13(18-17-12)19-5-3-16-4-6-19/h1-2,7-8,16H,3-6H2,(H,17,18). The van der Waals surface area contributed by atoms with Crippen molar-refractivity contribution >= 4 is 21.7 Å². The molecular weight excluding hydrogens is 311 g/mol. The van der Waals surface area contributed by atoms with Gasteiger partial charge in [0.2, 0.25) is 0 Å². The molecule has 2 aromatic rings. The maximum Gasteiger partial charge on any atom is 0.151 e. The predicted octanol–water partition coefficient (Wildman–Crippen LogP) is 2.39. The lowest BCUT2D eigenvalue weighted by Crippen LogP contribution is -2.43.